The average Bonchev–Trinajstić information content (AvgIpc) is 3.08. The van der Waals surface area contributed by atoms with Gasteiger partial charge < -0.3 is 14.8 Å². The quantitative estimate of drug-likeness (QED) is 0.423. The summed E-state index contributed by atoms with van der Waals surface area (Å²) < 4.78 is 29.2. The Balaban J connectivity index is 1.63. The zero-order chi connectivity index (χ0) is 22.0. The molecular formula is C23H23ClN2O4S. The van der Waals surface area contributed by atoms with Crippen LogP contribution >= 0.6 is 11.6 Å². The van der Waals surface area contributed by atoms with Crippen LogP contribution in [-0.2, 0) is 16.6 Å². The molecule has 2 N–H and O–H groups in total. The predicted octanol–water partition coefficient (Wildman–Crippen LogP) is 3.49. The van der Waals surface area contributed by atoms with Crippen molar-refractivity contribution in [3.8, 4) is 0 Å². The highest BCUT2D eigenvalue weighted by molar-refractivity contribution is 7.89. The fourth-order valence-corrected chi connectivity index (χ4v) is 5.47. The van der Waals surface area contributed by atoms with Gasteiger partial charge in [0.25, 0.3) is 0 Å². The van der Waals surface area contributed by atoms with E-state index in [1.807, 2.05) is 53.1 Å². The number of hydrogen-bond donors (Lipinski definition) is 2. The SMILES string of the molecule is O=S(=O)(c1ccc(Cl)cc1)N(CCO)C[C@H](O)Cn1c2ccccc2c2ccccc21. The molecule has 0 aliphatic carbocycles. The molecule has 4 rings (SSSR count). The van der Waals surface area contributed by atoms with E-state index in [0.29, 0.717) is 5.02 Å². The van der Waals surface area contributed by atoms with Crippen molar-refractivity contribution in [3.05, 3.63) is 77.8 Å². The van der Waals surface area contributed by atoms with E-state index in [1.165, 1.54) is 24.3 Å². The van der Waals surface area contributed by atoms with E-state index in [0.717, 1.165) is 26.1 Å². The van der Waals surface area contributed by atoms with Crippen molar-refractivity contribution in [2.45, 2.75) is 17.5 Å². The number of nitrogens with zero attached hydrogens (tertiary/aromatic N) is 2. The van der Waals surface area contributed by atoms with Crippen molar-refractivity contribution in [1.29, 1.82) is 0 Å². The van der Waals surface area contributed by atoms with Gasteiger partial charge in [-0.25, -0.2) is 8.42 Å². The molecule has 1 heterocycles. The van der Waals surface area contributed by atoms with E-state index < -0.39 is 16.1 Å². The first-order valence-electron chi connectivity index (χ1n) is 9.92. The van der Waals surface area contributed by atoms with Crippen LogP contribution in [0, 0.1) is 0 Å². The summed E-state index contributed by atoms with van der Waals surface area (Å²) in [5, 5.41) is 22.9. The molecule has 0 saturated carbocycles. The molecule has 0 aliphatic rings. The number of sulfonamides is 1. The van der Waals surface area contributed by atoms with Crippen LogP contribution in [0.15, 0.2) is 77.7 Å². The van der Waals surface area contributed by atoms with Crippen molar-refractivity contribution >= 4 is 43.4 Å². The van der Waals surface area contributed by atoms with E-state index >= 15 is 0 Å². The zero-order valence-corrected chi connectivity index (χ0v) is 18.3. The van der Waals surface area contributed by atoms with Crippen LogP contribution in [0.4, 0.5) is 0 Å². The number of para-hydroxylation sites is 2. The summed E-state index contributed by atoms with van der Waals surface area (Å²) in [4.78, 5) is 0.0643. The van der Waals surface area contributed by atoms with Crippen molar-refractivity contribution < 1.29 is 18.6 Å². The van der Waals surface area contributed by atoms with E-state index in [2.05, 4.69) is 0 Å². The first-order chi connectivity index (χ1) is 14.9. The molecule has 6 nitrogen and oxygen atoms in total. The van der Waals surface area contributed by atoms with Gasteiger partial charge in [0.15, 0.2) is 0 Å². The molecular weight excluding hydrogens is 436 g/mol. The maximum atomic E-state index is 13.1. The van der Waals surface area contributed by atoms with Gasteiger partial charge in [0.05, 0.1) is 24.2 Å². The number of fused-ring (bicyclic) bond motifs is 3. The molecule has 0 spiro atoms. The maximum absolute atomic E-state index is 13.1. The van der Waals surface area contributed by atoms with Gasteiger partial charge in [-0.3, -0.25) is 0 Å². The molecule has 8 heteroatoms. The van der Waals surface area contributed by atoms with Crippen molar-refractivity contribution in [2.75, 3.05) is 19.7 Å². The van der Waals surface area contributed by atoms with Crippen LogP contribution in [0.25, 0.3) is 21.8 Å². The highest BCUT2D eigenvalue weighted by Crippen LogP contribution is 2.29. The van der Waals surface area contributed by atoms with Crippen LogP contribution in [0.1, 0.15) is 0 Å². The molecule has 0 fully saturated rings. The Morgan fingerprint density at radius 3 is 2.00 bits per heavy atom. The summed E-state index contributed by atoms with van der Waals surface area (Å²) in [7, 11) is -3.89. The third kappa shape index (κ3) is 4.33. The van der Waals surface area contributed by atoms with Gasteiger partial charge in [0.1, 0.15) is 0 Å². The molecule has 162 valence electrons. The van der Waals surface area contributed by atoms with Crippen LogP contribution in [0.5, 0.6) is 0 Å². The van der Waals surface area contributed by atoms with Gasteiger partial charge in [-0.15, -0.1) is 0 Å². The second-order valence-corrected chi connectivity index (χ2v) is 9.71. The molecule has 4 aromatic rings. The lowest BCUT2D eigenvalue weighted by molar-refractivity contribution is 0.123. The number of benzene rings is 3. The zero-order valence-electron chi connectivity index (χ0n) is 16.7. The van der Waals surface area contributed by atoms with Crippen molar-refractivity contribution in [3.63, 3.8) is 0 Å². The molecule has 0 bridgehead atoms. The van der Waals surface area contributed by atoms with Crippen LogP contribution < -0.4 is 0 Å². The third-order valence-corrected chi connectivity index (χ3v) is 7.42. The number of aliphatic hydroxyl groups is 2. The fraction of sp³-hybridized carbons (Fsp3) is 0.217. The average molecular weight is 459 g/mol. The van der Waals surface area contributed by atoms with Gasteiger partial charge >= 0.3 is 0 Å². The molecule has 0 unspecified atom stereocenters. The summed E-state index contributed by atoms with van der Waals surface area (Å²) in [5.74, 6) is 0. The number of aromatic nitrogens is 1. The number of halogens is 1. The van der Waals surface area contributed by atoms with E-state index in [1.54, 1.807) is 0 Å². The second-order valence-electron chi connectivity index (χ2n) is 7.34. The molecule has 31 heavy (non-hydrogen) atoms. The molecule has 3 aromatic carbocycles. The smallest absolute Gasteiger partial charge is 0.243 e. The lowest BCUT2D eigenvalue weighted by Gasteiger charge is -2.24. The lowest BCUT2D eigenvalue weighted by atomic mass is 10.2. The molecule has 0 aliphatic heterocycles. The molecule has 0 saturated heterocycles. The van der Waals surface area contributed by atoms with Gasteiger partial charge in [-0.2, -0.15) is 4.31 Å². The van der Waals surface area contributed by atoms with E-state index in [-0.39, 0.29) is 31.1 Å². The minimum absolute atomic E-state index is 0.0643. The second kappa shape index (κ2) is 8.98. The maximum Gasteiger partial charge on any atom is 0.243 e. The van der Waals surface area contributed by atoms with Crippen LogP contribution in [-0.4, -0.2) is 53.3 Å². The number of aliphatic hydroxyl groups excluding tert-OH is 2. The van der Waals surface area contributed by atoms with E-state index in [4.69, 9.17) is 11.6 Å². The largest absolute Gasteiger partial charge is 0.395 e. The number of rotatable bonds is 8. The van der Waals surface area contributed by atoms with Crippen LogP contribution in [0.3, 0.4) is 0 Å². The molecule has 1 aromatic heterocycles. The fourth-order valence-electron chi connectivity index (χ4n) is 3.88. The Morgan fingerprint density at radius 1 is 0.903 bits per heavy atom. The molecule has 1 atom stereocenters. The number of hydrogen-bond acceptors (Lipinski definition) is 4. The third-order valence-electron chi connectivity index (χ3n) is 5.29. The Labute approximate surface area is 186 Å². The van der Waals surface area contributed by atoms with Crippen LogP contribution in [0.2, 0.25) is 5.02 Å². The van der Waals surface area contributed by atoms with Gasteiger partial charge in [-0.05, 0) is 36.4 Å². The first kappa shape index (κ1) is 21.8. The summed E-state index contributed by atoms with van der Waals surface area (Å²) in [6.07, 6.45) is -0.979. The molecule has 0 amide bonds. The monoisotopic (exact) mass is 458 g/mol. The Morgan fingerprint density at radius 2 is 1.45 bits per heavy atom. The molecule has 0 radical (unpaired) electrons. The Hall–Kier alpha value is -2.42. The minimum Gasteiger partial charge on any atom is -0.395 e. The summed E-state index contributed by atoms with van der Waals surface area (Å²) in [6, 6.07) is 21.7. The highest BCUT2D eigenvalue weighted by Gasteiger charge is 2.27. The lowest BCUT2D eigenvalue weighted by Crippen LogP contribution is -2.40. The predicted molar refractivity (Wildman–Crippen MR) is 123 cm³/mol. The first-order valence-corrected chi connectivity index (χ1v) is 11.7. The van der Waals surface area contributed by atoms with Gasteiger partial charge in [0, 0.05) is 39.9 Å². The Kier molecular flexibility index (Phi) is 6.31. The van der Waals surface area contributed by atoms with Gasteiger partial charge in [0.2, 0.25) is 10.0 Å². The Bertz CT molecular complexity index is 1250. The standard InChI is InChI=1S/C23H23ClN2O4S/c24-17-9-11-19(12-10-17)31(29,30)25(13-14-27)15-18(28)16-26-22-7-3-1-5-20(22)21-6-2-4-8-23(21)26/h1-12,18,27-28H,13-16H2/t18-/m0/s1. The summed E-state index contributed by atoms with van der Waals surface area (Å²) in [6.45, 7) is -0.400. The highest BCUT2D eigenvalue weighted by atomic mass is 35.5. The summed E-state index contributed by atoms with van der Waals surface area (Å²) >= 11 is 5.87. The summed E-state index contributed by atoms with van der Waals surface area (Å²) in [5.41, 5.74) is 1.94. The van der Waals surface area contributed by atoms with Crippen molar-refractivity contribution in [2.24, 2.45) is 0 Å². The van der Waals surface area contributed by atoms with Gasteiger partial charge in [-0.1, -0.05) is 48.0 Å². The minimum atomic E-state index is -3.89. The normalized spacial score (nSPS) is 13.3. The topological polar surface area (TPSA) is 82.8 Å². The van der Waals surface area contributed by atoms with Crippen molar-refractivity contribution in [1.82, 2.24) is 8.87 Å². The van der Waals surface area contributed by atoms with E-state index in [9.17, 15) is 18.6 Å².